The van der Waals surface area contributed by atoms with Gasteiger partial charge in [0.25, 0.3) is 0 Å². The summed E-state index contributed by atoms with van der Waals surface area (Å²) in [6.07, 6.45) is 8.99. The van der Waals surface area contributed by atoms with E-state index >= 15 is 0 Å². The summed E-state index contributed by atoms with van der Waals surface area (Å²) in [5, 5.41) is 0. The van der Waals surface area contributed by atoms with Gasteiger partial charge in [0.15, 0.2) is 0 Å². The molecule has 0 bridgehead atoms. The smallest absolute Gasteiger partial charge is 0.0844 e. The van der Waals surface area contributed by atoms with Gasteiger partial charge in [-0.3, -0.25) is 4.99 Å². The molecule has 2 heteroatoms. The second-order valence-corrected chi connectivity index (χ2v) is 3.95. The lowest BCUT2D eigenvalue weighted by molar-refractivity contribution is 0.366. The van der Waals surface area contributed by atoms with Crippen LogP contribution in [0, 0.1) is 5.92 Å². The summed E-state index contributed by atoms with van der Waals surface area (Å²) in [7, 11) is 4.04. The third-order valence-corrected chi connectivity index (χ3v) is 2.40. The fraction of sp³-hybridized carbons (Fsp3) is 0.900. The first-order chi connectivity index (χ1) is 5.79. The zero-order valence-electron chi connectivity index (χ0n) is 8.29. The van der Waals surface area contributed by atoms with E-state index in [9.17, 15) is 0 Å². The quantitative estimate of drug-likeness (QED) is 0.466. The van der Waals surface area contributed by atoms with Crippen LogP contribution < -0.4 is 0 Å². The average Bonchev–Trinajstić information content (AvgIpc) is 2.05. The minimum atomic E-state index is 0.870. The zero-order chi connectivity index (χ0) is 8.81. The Morgan fingerprint density at radius 1 is 1.25 bits per heavy atom. The Morgan fingerprint density at radius 2 is 1.92 bits per heavy atom. The van der Waals surface area contributed by atoms with Gasteiger partial charge in [0, 0.05) is 20.6 Å². The number of rotatable bonds is 3. The van der Waals surface area contributed by atoms with Crippen LogP contribution in [0.15, 0.2) is 4.99 Å². The molecular weight excluding hydrogens is 148 g/mol. The number of nitrogens with zero attached hydrogens (tertiary/aromatic N) is 2. The molecule has 70 valence electrons. The van der Waals surface area contributed by atoms with E-state index < -0.39 is 0 Å². The highest BCUT2D eigenvalue weighted by atomic mass is 15.1. The summed E-state index contributed by atoms with van der Waals surface area (Å²) in [6.45, 7) is 1.04. The van der Waals surface area contributed by atoms with Crippen molar-refractivity contribution in [2.45, 2.75) is 32.1 Å². The molecule has 0 aromatic heterocycles. The lowest BCUT2D eigenvalue weighted by Crippen LogP contribution is -2.12. The normalized spacial score (nSPS) is 20.2. The Hall–Kier alpha value is -0.530. The lowest BCUT2D eigenvalue weighted by Gasteiger charge is -2.19. The molecule has 0 N–H and O–H groups in total. The van der Waals surface area contributed by atoms with Gasteiger partial charge in [0.2, 0.25) is 0 Å². The van der Waals surface area contributed by atoms with Crippen molar-refractivity contribution in [3.63, 3.8) is 0 Å². The van der Waals surface area contributed by atoms with Crippen LogP contribution in [-0.2, 0) is 0 Å². The topological polar surface area (TPSA) is 15.6 Å². The molecule has 2 nitrogen and oxygen atoms in total. The van der Waals surface area contributed by atoms with E-state index in [-0.39, 0.29) is 0 Å². The lowest BCUT2D eigenvalue weighted by atomic mass is 9.89. The average molecular weight is 168 g/mol. The van der Waals surface area contributed by atoms with Crippen LogP contribution in [-0.4, -0.2) is 31.9 Å². The molecule has 0 aliphatic heterocycles. The van der Waals surface area contributed by atoms with E-state index in [1.807, 2.05) is 25.3 Å². The zero-order valence-corrected chi connectivity index (χ0v) is 8.29. The van der Waals surface area contributed by atoms with Gasteiger partial charge in [-0.05, 0) is 18.8 Å². The van der Waals surface area contributed by atoms with Crippen LogP contribution >= 0.6 is 0 Å². The minimum absolute atomic E-state index is 0.870. The summed E-state index contributed by atoms with van der Waals surface area (Å²) >= 11 is 0. The minimum Gasteiger partial charge on any atom is -0.369 e. The highest BCUT2D eigenvalue weighted by Gasteiger charge is 2.11. The molecule has 0 spiro atoms. The summed E-state index contributed by atoms with van der Waals surface area (Å²) in [5.74, 6) is 0.870. The number of aliphatic imine (C=N–C) groups is 1. The highest BCUT2D eigenvalue weighted by molar-refractivity contribution is 5.53. The molecule has 12 heavy (non-hydrogen) atoms. The van der Waals surface area contributed by atoms with Crippen molar-refractivity contribution in [3.05, 3.63) is 0 Å². The number of hydrogen-bond acceptors (Lipinski definition) is 1. The van der Waals surface area contributed by atoms with Crippen molar-refractivity contribution in [2.24, 2.45) is 10.9 Å². The third kappa shape index (κ3) is 3.74. The third-order valence-electron chi connectivity index (χ3n) is 2.40. The van der Waals surface area contributed by atoms with Crippen LogP contribution in [0.3, 0.4) is 0 Å². The second kappa shape index (κ2) is 5.18. The molecule has 1 rings (SSSR count). The molecule has 1 fully saturated rings. The van der Waals surface area contributed by atoms with Crippen LogP contribution in [0.5, 0.6) is 0 Å². The van der Waals surface area contributed by atoms with Crippen LogP contribution in [0.4, 0.5) is 0 Å². The van der Waals surface area contributed by atoms with Gasteiger partial charge in [-0.25, -0.2) is 0 Å². The molecule has 0 amide bonds. The summed E-state index contributed by atoms with van der Waals surface area (Å²) in [6, 6.07) is 0. The maximum absolute atomic E-state index is 4.40. The molecule has 0 radical (unpaired) electrons. The van der Waals surface area contributed by atoms with E-state index in [1.165, 1.54) is 32.1 Å². The molecule has 0 atom stereocenters. The first-order valence-corrected chi connectivity index (χ1v) is 4.95. The van der Waals surface area contributed by atoms with Gasteiger partial charge >= 0.3 is 0 Å². The van der Waals surface area contributed by atoms with E-state index in [0.717, 1.165) is 12.5 Å². The van der Waals surface area contributed by atoms with Gasteiger partial charge in [-0.15, -0.1) is 0 Å². The van der Waals surface area contributed by atoms with Crippen LogP contribution in [0.25, 0.3) is 0 Å². The highest BCUT2D eigenvalue weighted by Crippen LogP contribution is 2.23. The van der Waals surface area contributed by atoms with Crippen molar-refractivity contribution in [1.82, 2.24) is 4.90 Å². The SMILES string of the molecule is CN(C)C=NCC1CCCCC1. The maximum atomic E-state index is 4.40. The maximum Gasteiger partial charge on any atom is 0.0844 e. The predicted octanol–water partition coefficient (Wildman–Crippen LogP) is 2.16. The van der Waals surface area contributed by atoms with Crippen molar-refractivity contribution in [1.29, 1.82) is 0 Å². The Labute approximate surface area is 75.7 Å². The number of hydrogen-bond donors (Lipinski definition) is 0. The van der Waals surface area contributed by atoms with Crippen molar-refractivity contribution in [3.8, 4) is 0 Å². The molecule has 1 aliphatic carbocycles. The Bertz CT molecular complexity index is 135. The largest absolute Gasteiger partial charge is 0.369 e. The molecule has 0 unspecified atom stereocenters. The standard InChI is InChI=1S/C10H20N2/c1-12(2)9-11-8-10-6-4-3-5-7-10/h9-10H,3-8H2,1-2H3. The summed E-state index contributed by atoms with van der Waals surface area (Å²) < 4.78 is 0. The molecular formula is C10H20N2. The van der Waals surface area contributed by atoms with Crippen LogP contribution in [0.2, 0.25) is 0 Å². The van der Waals surface area contributed by atoms with Gasteiger partial charge in [-0.1, -0.05) is 19.3 Å². The Balaban J connectivity index is 2.12. The first-order valence-electron chi connectivity index (χ1n) is 4.95. The van der Waals surface area contributed by atoms with Gasteiger partial charge < -0.3 is 4.90 Å². The molecule has 1 saturated carbocycles. The molecule has 0 aromatic rings. The van der Waals surface area contributed by atoms with Gasteiger partial charge in [0.05, 0.1) is 6.34 Å². The van der Waals surface area contributed by atoms with E-state index in [1.54, 1.807) is 0 Å². The molecule has 0 aromatic carbocycles. The fourth-order valence-corrected chi connectivity index (χ4v) is 1.73. The molecule has 0 saturated heterocycles. The van der Waals surface area contributed by atoms with E-state index in [2.05, 4.69) is 4.99 Å². The second-order valence-electron chi connectivity index (χ2n) is 3.95. The van der Waals surface area contributed by atoms with E-state index in [4.69, 9.17) is 0 Å². The van der Waals surface area contributed by atoms with Crippen molar-refractivity contribution >= 4 is 6.34 Å². The van der Waals surface area contributed by atoms with Gasteiger partial charge in [-0.2, -0.15) is 0 Å². The van der Waals surface area contributed by atoms with E-state index in [0.29, 0.717) is 0 Å². The van der Waals surface area contributed by atoms with Gasteiger partial charge in [0.1, 0.15) is 0 Å². The summed E-state index contributed by atoms with van der Waals surface area (Å²) in [4.78, 5) is 6.40. The summed E-state index contributed by atoms with van der Waals surface area (Å²) in [5.41, 5.74) is 0. The Morgan fingerprint density at radius 3 is 2.50 bits per heavy atom. The molecule has 0 heterocycles. The van der Waals surface area contributed by atoms with Crippen molar-refractivity contribution in [2.75, 3.05) is 20.6 Å². The van der Waals surface area contributed by atoms with Crippen molar-refractivity contribution < 1.29 is 0 Å². The first kappa shape index (κ1) is 9.56. The predicted molar refractivity (Wildman–Crippen MR) is 53.6 cm³/mol. The monoisotopic (exact) mass is 168 g/mol. The Kier molecular flexibility index (Phi) is 4.12. The molecule has 1 aliphatic rings. The van der Waals surface area contributed by atoms with Crippen LogP contribution in [0.1, 0.15) is 32.1 Å². The fourth-order valence-electron chi connectivity index (χ4n) is 1.73.